The van der Waals surface area contributed by atoms with Gasteiger partial charge in [-0.1, -0.05) is 42.8 Å². The van der Waals surface area contributed by atoms with Gasteiger partial charge in [0.05, 0.1) is 27.9 Å². The average molecular weight is 495 g/mol. The van der Waals surface area contributed by atoms with E-state index in [-0.39, 0.29) is 18.5 Å². The highest BCUT2D eigenvalue weighted by Crippen LogP contribution is 2.47. The summed E-state index contributed by atoms with van der Waals surface area (Å²) in [6.07, 6.45) is 1.92. The van der Waals surface area contributed by atoms with Crippen LogP contribution < -0.4 is 14.2 Å². The number of benzene rings is 3. The number of esters is 1. The molecule has 36 heavy (non-hydrogen) atoms. The van der Waals surface area contributed by atoms with E-state index in [4.69, 9.17) is 23.7 Å². The molecule has 192 valence electrons. The molecule has 0 N–H and O–H groups in total. The van der Waals surface area contributed by atoms with Crippen LogP contribution in [-0.4, -0.2) is 40.1 Å². The van der Waals surface area contributed by atoms with E-state index in [1.54, 1.807) is 33.3 Å². The molecule has 7 heteroatoms. The third-order valence-corrected chi connectivity index (χ3v) is 6.26. The molecular weight excluding hydrogens is 460 g/mol. The zero-order chi connectivity index (χ0) is 26.1. The Bertz CT molecular complexity index is 1180. The highest BCUT2D eigenvalue weighted by Gasteiger charge is 2.26. The first-order valence-corrected chi connectivity index (χ1v) is 12.1. The number of hydrogen-bond acceptors (Lipinski definition) is 7. The summed E-state index contributed by atoms with van der Waals surface area (Å²) in [6.45, 7) is 4.01. The van der Waals surface area contributed by atoms with Crippen LogP contribution in [0.1, 0.15) is 55.2 Å². The first-order chi connectivity index (χ1) is 17.4. The van der Waals surface area contributed by atoms with Gasteiger partial charge in [-0.25, -0.2) is 4.79 Å². The molecule has 0 saturated carbocycles. The summed E-state index contributed by atoms with van der Waals surface area (Å²) >= 11 is 0. The summed E-state index contributed by atoms with van der Waals surface area (Å²) in [6, 6.07) is 15.4. The smallest absolute Gasteiger partial charge is 0.496 e. The molecule has 0 bridgehead atoms. The SMILES string of the molecule is CCOC(=O)Oc1ccc(C(CCCCC(=O)OC)c2c(C)c(OC)c3ccccc3c2OC)cc1. The Morgan fingerprint density at radius 1 is 0.861 bits per heavy atom. The molecule has 0 aromatic heterocycles. The van der Waals surface area contributed by atoms with Crippen LogP contribution >= 0.6 is 0 Å². The van der Waals surface area contributed by atoms with Gasteiger partial charge < -0.3 is 23.7 Å². The Kier molecular flexibility index (Phi) is 9.56. The monoisotopic (exact) mass is 494 g/mol. The second kappa shape index (κ2) is 12.8. The summed E-state index contributed by atoms with van der Waals surface area (Å²) in [5.74, 6) is 1.75. The number of methoxy groups -OCH3 is 3. The third kappa shape index (κ3) is 6.08. The normalized spacial score (nSPS) is 11.6. The third-order valence-electron chi connectivity index (χ3n) is 6.26. The van der Waals surface area contributed by atoms with E-state index in [1.807, 2.05) is 43.3 Å². The molecule has 0 fully saturated rings. The van der Waals surface area contributed by atoms with E-state index in [1.165, 1.54) is 7.11 Å². The molecule has 0 saturated heterocycles. The van der Waals surface area contributed by atoms with Crippen molar-refractivity contribution in [3.63, 3.8) is 0 Å². The first-order valence-electron chi connectivity index (χ1n) is 12.1. The molecule has 0 spiro atoms. The summed E-state index contributed by atoms with van der Waals surface area (Å²) in [4.78, 5) is 23.4. The number of rotatable bonds is 11. The van der Waals surface area contributed by atoms with Gasteiger partial charge in [0.15, 0.2) is 0 Å². The maximum Gasteiger partial charge on any atom is 0.513 e. The van der Waals surface area contributed by atoms with Crippen LogP contribution in [0.3, 0.4) is 0 Å². The maximum atomic E-state index is 11.7. The van der Waals surface area contributed by atoms with Crippen molar-refractivity contribution in [1.82, 2.24) is 0 Å². The van der Waals surface area contributed by atoms with Gasteiger partial charge in [-0.2, -0.15) is 0 Å². The van der Waals surface area contributed by atoms with Crippen molar-refractivity contribution in [3.8, 4) is 17.2 Å². The van der Waals surface area contributed by atoms with Crippen LogP contribution in [0.5, 0.6) is 17.2 Å². The average Bonchev–Trinajstić information content (AvgIpc) is 2.89. The number of hydrogen-bond donors (Lipinski definition) is 0. The van der Waals surface area contributed by atoms with Gasteiger partial charge in [-0.15, -0.1) is 0 Å². The first kappa shape index (κ1) is 26.9. The Hall–Kier alpha value is -3.74. The number of ether oxygens (including phenoxy) is 5. The predicted molar refractivity (Wildman–Crippen MR) is 138 cm³/mol. The van der Waals surface area contributed by atoms with Crippen LogP contribution in [-0.2, 0) is 14.3 Å². The highest BCUT2D eigenvalue weighted by molar-refractivity contribution is 5.96. The van der Waals surface area contributed by atoms with Crippen LogP contribution in [0.25, 0.3) is 10.8 Å². The fourth-order valence-electron chi connectivity index (χ4n) is 4.63. The van der Waals surface area contributed by atoms with E-state index in [0.29, 0.717) is 18.6 Å². The summed E-state index contributed by atoms with van der Waals surface area (Å²) < 4.78 is 26.7. The lowest BCUT2D eigenvalue weighted by molar-refractivity contribution is -0.140. The van der Waals surface area contributed by atoms with Crippen LogP contribution in [0, 0.1) is 6.92 Å². The van der Waals surface area contributed by atoms with E-state index in [2.05, 4.69) is 0 Å². The van der Waals surface area contributed by atoms with Crippen LogP contribution in [0.15, 0.2) is 48.5 Å². The van der Waals surface area contributed by atoms with E-state index >= 15 is 0 Å². The molecule has 3 aromatic rings. The van der Waals surface area contributed by atoms with Gasteiger partial charge in [0.2, 0.25) is 0 Å². The Balaban J connectivity index is 2.06. The van der Waals surface area contributed by atoms with Crippen molar-refractivity contribution in [2.24, 2.45) is 0 Å². The van der Waals surface area contributed by atoms with E-state index in [9.17, 15) is 9.59 Å². The van der Waals surface area contributed by atoms with E-state index in [0.717, 1.165) is 51.8 Å². The van der Waals surface area contributed by atoms with E-state index < -0.39 is 6.16 Å². The Morgan fingerprint density at radius 2 is 1.50 bits per heavy atom. The maximum absolute atomic E-state index is 11.7. The second-order valence-corrected chi connectivity index (χ2v) is 8.38. The molecule has 1 atom stereocenters. The van der Waals surface area contributed by atoms with Crippen molar-refractivity contribution in [3.05, 3.63) is 65.2 Å². The van der Waals surface area contributed by atoms with Gasteiger partial charge in [0.25, 0.3) is 0 Å². The fraction of sp³-hybridized carbons (Fsp3) is 0.379. The lowest BCUT2D eigenvalue weighted by Crippen LogP contribution is -2.11. The molecule has 0 radical (unpaired) electrons. The van der Waals surface area contributed by atoms with Crippen molar-refractivity contribution in [2.75, 3.05) is 27.9 Å². The lowest BCUT2D eigenvalue weighted by atomic mass is 9.82. The minimum atomic E-state index is -0.735. The number of carbonyl (C=O) groups is 2. The van der Waals surface area contributed by atoms with Crippen LogP contribution in [0.2, 0.25) is 0 Å². The van der Waals surface area contributed by atoms with Gasteiger partial charge in [-0.05, 0) is 49.9 Å². The van der Waals surface area contributed by atoms with Crippen molar-refractivity contribution < 1.29 is 33.3 Å². The van der Waals surface area contributed by atoms with Gasteiger partial charge in [-0.3, -0.25) is 4.79 Å². The Morgan fingerprint density at radius 3 is 2.08 bits per heavy atom. The Labute approximate surface area is 212 Å². The van der Waals surface area contributed by atoms with Gasteiger partial charge in [0, 0.05) is 28.7 Å². The molecule has 0 amide bonds. The highest BCUT2D eigenvalue weighted by atomic mass is 16.7. The summed E-state index contributed by atoms with van der Waals surface area (Å²) in [7, 11) is 4.76. The topological polar surface area (TPSA) is 80.3 Å². The molecular formula is C29H34O7. The van der Waals surface area contributed by atoms with Crippen molar-refractivity contribution in [2.45, 2.75) is 45.4 Å². The quantitative estimate of drug-likeness (QED) is 0.169. The van der Waals surface area contributed by atoms with Gasteiger partial charge in [0.1, 0.15) is 17.2 Å². The minimum Gasteiger partial charge on any atom is -0.496 e. The number of carbonyl (C=O) groups excluding carboxylic acids is 2. The van der Waals surface area contributed by atoms with Gasteiger partial charge >= 0.3 is 12.1 Å². The number of unbranched alkanes of at least 4 members (excludes halogenated alkanes) is 1. The zero-order valence-corrected chi connectivity index (χ0v) is 21.6. The molecule has 3 aromatic carbocycles. The van der Waals surface area contributed by atoms with Crippen LogP contribution in [0.4, 0.5) is 4.79 Å². The molecule has 7 nitrogen and oxygen atoms in total. The molecule has 0 aliphatic heterocycles. The standard InChI is InChI=1S/C29H34O7/c1-6-35-29(31)36-21-17-15-20(16-18-21)22(11-9-10-14-25(30)32-3)26-19(2)27(33-4)23-12-7-8-13-24(23)28(26)34-5/h7-8,12-13,15-18,22H,6,9-11,14H2,1-5H3. The zero-order valence-electron chi connectivity index (χ0n) is 21.6. The molecule has 3 rings (SSSR count). The second-order valence-electron chi connectivity index (χ2n) is 8.38. The number of fused-ring (bicyclic) bond motifs is 1. The van der Waals surface area contributed by atoms with Crippen molar-refractivity contribution >= 4 is 22.9 Å². The molecule has 0 aliphatic rings. The minimum absolute atomic E-state index is 0.0484. The fourth-order valence-corrected chi connectivity index (χ4v) is 4.63. The molecule has 0 aliphatic carbocycles. The lowest BCUT2D eigenvalue weighted by Gasteiger charge is -2.26. The summed E-state index contributed by atoms with van der Waals surface area (Å²) in [5, 5.41) is 1.96. The molecule has 0 heterocycles. The van der Waals surface area contributed by atoms with Crippen molar-refractivity contribution in [1.29, 1.82) is 0 Å². The predicted octanol–water partition coefficient (Wildman–Crippen LogP) is 6.57. The molecule has 1 unspecified atom stereocenters. The largest absolute Gasteiger partial charge is 0.513 e. The summed E-state index contributed by atoms with van der Waals surface area (Å²) in [5.41, 5.74) is 3.06.